The zero-order valence-corrected chi connectivity index (χ0v) is 20.0. The monoisotopic (exact) mass is 491 g/mol. The van der Waals surface area contributed by atoms with Gasteiger partial charge in [-0.2, -0.15) is 0 Å². The number of ketones is 1. The van der Waals surface area contributed by atoms with Gasteiger partial charge in [0, 0.05) is 26.3 Å². The smallest absolute Gasteiger partial charge is 0.295 e. The number of aromatic hydroxyl groups is 1. The first-order valence-electron chi connectivity index (χ1n) is 10.3. The lowest BCUT2D eigenvalue weighted by molar-refractivity contribution is -0.140. The number of nitrogens with zero attached hydrogens (tertiary/aromatic N) is 1. The fourth-order valence-corrected chi connectivity index (χ4v) is 4.14. The number of likely N-dealkylation sites (tertiary alicyclic amines) is 1. The summed E-state index contributed by atoms with van der Waals surface area (Å²) in [5, 5.41) is 21.8. The highest BCUT2D eigenvalue weighted by molar-refractivity contribution is 6.46. The minimum Gasteiger partial charge on any atom is -0.507 e. The van der Waals surface area contributed by atoms with Crippen LogP contribution in [-0.4, -0.2) is 68.4 Å². The first-order chi connectivity index (χ1) is 16.3. The van der Waals surface area contributed by atoms with Crippen LogP contribution in [0.25, 0.3) is 5.76 Å². The van der Waals surface area contributed by atoms with Crippen LogP contribution in [0.2, 0.25) is 5.02 Å². The average Bonchev–Trinajstić information content (AvgIpc) is 3.08. The zero-order valence-electron chi connectivity index (χ0n) is 19.3. The number of rotatable bonds is 9. The van der Waals surface area contributed by atoms with Crippen molar-refractivity contribution in [3.63, 3.8) is 0 Å². The Kier molecular flexibility index (Phi) is 7.90. The van der Waals surface area contributed by atoms with E-state index in [0.29, 0.717) is 24.3 Å². The highest BCUT2D eigenvalue weighted by atomic mass is 35.5. The van der Waals surface area contributed by atoms with Crippen LogP contribution in [0.15, 0.2) is 35.9 Å². The van der Waals surface area contributed by atoms with Crippen molar-refractivity contribution in [1.82, 2.24) is 4.90 Å². The summed E-state index contributed by atoms with van der Waals surface area (Å²) in [6, 6.07) is 6.42. The van der Waals surface area contributed by atoms with Gasteiger partial charge in [-0.15, -0.1) is 0 Å². The molecule has 1 fully saturated rings. The zero-order chi connectivity index (χ0) is 25.0. The Morgan fingerprint density at radius 1 is 1.00 bits per heavy atom. The number of ether oxygens (including phenoxy) is 4. The molecule has 34 heavy (non-hydrogen) atoms. The standard InChI is InChI=1S/C24H26ClNO8/c1-31-9-5-8-26-21(13-6-7-17(32-2)16(27)10-13)20(23(29)24(26)30)22(28)14-11-15(25)19(34-4)12-18(14)33-3/h6-7,10-12,21,27-28H,5,8-9H2,1-4H3/b22-20+. The van der Waals surface area contributed by atoms with Crippen LogP contribution in [0.5, 0.6) is 23.0 Å². The number of halogens is 1. The molecule has 182 valence electrons. The quantitative estimate of drug-likeness (QED) is 0.237. The van der Waals surface area contributed by atoms with Gasteiger partial charge in [-0.25, -0.2) is 0 Å². The molecule has 1 aliphatic heterocycles. The first-order valence-corrected chi connectivity index (χ1v) is 10.7. The van der Waals surface area contributed by atoms with Crippen molar-refractivity contribution in [3.8, 4) is 23.0 Å². The number of hydrogen-bond donors (Lipinski definition) is 2. The predicted octanol–water partition coefficient (Wildman–Crippen LogP) is 3.53. The topological polar surface area (TPSA) is 115 Å². The van der Waals surface area contributed by atoms with E-state index in [4.69, 9.17) is 30.5 Å². The number of aliphatic hydroxyl groups is 1. The number of carbonyl (C=O) groups excluding carboxylic acids is 2. The van der Waals surface area contributed by atoms with Crippen LogP contribution < -0.4 is 14.2 Å². The van der Waals surface area contributed by atoms with Crippen LogP contribution in [-0.2, 0) is 14.3 Å². The number of Topliss-reactive ketones (excluding diaryl/α,β-unsaturated/α-hetero) is 1. The second-order valence-corrected chi connectivity index (χ2v) is 7.86. The maximum Gasteiger partial charge on any atom is 0.295 e. The Bertz CT molecular complexity index is 1130. The van der Waals surface area contributed by atoms with E-state index in [1.54, 1.807) is 6.07 Å². The van der Waals surface area contributed by atoms with Crippen LogP contribution in [0.4, 0.5) is 0 Å². The van der Waals surface area contributed by atoms with Gasteiger partial charge in [0.2, 0.25) is 0 Å². The molecule has 0 bridgehead atoms. The number of methoxy groups -OCH3 is 4. The van der Waals surface area contributed by atoms with Gasteiger partial charge in [0.15, 0.2) is 11.5 Å². The molecule has 3 rings (SSSR count). The summed E-state index contributed by atoms with van der Waals surface area (Å²) in [6.45, 7) is 0.554. The molecule has 0 aromatic heterocycles. The van der Waals surface area contributed by atoms with Gasteiger partial charge < -0.3 is 34.1 Å². The van der Waals surface area contributed by atoms with Crippen LogP contribution >= 0.6 is 11.6 Å². The average molecular weight is 492 g/mol. The number of benzene rings is 2. The van der Waals surface area contributed by atoms with Gasteiger partial charge in [-0.05, 0) is 30.2 Å². The van der Waals surface area contributed by atoms with E-state index >= 15 is 0 Å². The van der Waals surface area contributed by atoms with Crippen molar-refractivity contribution in [3.05, 3.63) is 52.1 Å². The highest BCUT2D eigenvalue weighted by Crippen LogP contribution is 2.44. The van der Waals surface area contributed by atoms with Crippen molar-refractivity contribution in [2.45, 2.75) is 12.5 Å². The number of phenolic OH excluding ortho intramolecular Hbond substituents is 1. The third kappa shape index (κ3) is 4.62. The maximum absolute atomic E-state index is 13.1. The van der Waals surface area contributed by atoms with Crippen molar-refractivity contribution in [2.24, 2.45) is 0 Å². The Morgan fingerprint density at radius 2 is 1.68 bits per heavy atom. The third-order valence-corrected chi connectivity index (χ3v) is 5.83. The molecule has 10 heteroatoms. The van der Waals surface area contributed by atoms with E-state index in [0.717, 1.165) is 0 Å². The largest absolute Gasteiger partial charge is 0.507 e. The van der Waals surface area contributed by atoms with E-state index in [2.05, 4.69) is 0 Å². The van der Waals surface area contributed by atoms with E-state index in [9.17, 15) is 19.8 Å². The van der Waals surface area contributed by atoms with E-state index in [1.165, 1.54) is 57.6 Å². The number of phenols is 1. The SMILES string of the molecule is COCCCN1C(=O)C(=O)/C(=C(/O)c2cc(Cl)c(OC)cc2OC)C1c1ccc(OC)c(O)c1. The summed E-state index contributed by atoms with van der Waals surface area (Å²) in [5.41, 5.74) is 0.368. The van der Waals surface area contributed by atoms with E-state index in [1.807, 2.05) is 0 Å². The summed E-state index contributed by atoms with van der Waals surface area (Å²) < 4.78 is 20.7. The Hall–Kier alpha value is -3.43. The molecule has 1 saturated heterocycles. The number of hydrogen-bond acceptors (Lipinski definition) is 8. The molecule has 1 aliphatic rings. The molecule has 2 aromatic carbocycles. The summed E-state index contributed by atoms with van der Waals surface area (Å²) in [4.78, 5) is 27.5. The highest BCUT2D eigenvalue weighted by Gasteiger charge is 2.46. The molecule has 9 nitrogen and oxygen atoms in total. The third-order valence-electron chi connectivity index (χ3n) is 5.54. The second-order valence-electron chi connectivity index (χ2n) is 7.46. The molecule has 2 N–H and O–H groups in total. The van der Waals surface area contributed by atoms with E-state index < -0.39 is 23.5 Å². The lowest BCUT2D eigenvalue weighted by atomic mass is 9.94. The Labute approximate surface area is 202 Å². The van der Waals surface area contributed by atoms with Gasteiger partial charge in [0.1, 0.15) is 17.3 Å². The minimum absolute atomic E-state index is 0.117. The second kappa shape index (κ2) is 10.7. The molecular weight excluding hydrogens is 466 g/mol. The first kappa shape index (κ1) is 25.2. The summed E-state index contributed by atoms with van der Waals surface area (Å²) in [6.07, 6.45) is 0.458. The number of amides is 1. The molecule has 0 spiro atoms. The summed E-state index contributed by atoms with van der Waals surface area (Å²) in [5.74, 6) is -1.56. The lowest BCUT2D eigenvalue weighted by Crippen LogP contribution is -2.31. The van der Waals surface area contributed by atoms with Crippen LogP contribution in [0.1, 0.15) is 23.6 Å². The molecule has 1 heterocycles. The predicted molar refractivity (Wildman–Crippen MR) is 125 cm³/mol. The summed E-state index contributed by atoms with van der Waals surface area (Å²) in [7, 11) is 5.77. The lowest BCUT2D eigenvalue weighted by Gasteiger charge is -2.25. The number of carbonyl (C=O) groups is 2. The van der Waals surface area contributed by atoms with Crippen LogP contribution in [0.3, 0.4) is 0 Å². The van der Waals surface area contributed by atoms with Gasteiger partial charge in [0.05, 0.1) is 43.5 Å². The van der Waals surface area contributed by atoms with Gasteiger partial charge in [0.25, 0.3) is 11.7 Å². The molecule has 2 aromatic rings. The molecule has 0 aliphatic carbocycles. The van der Waals surface area contributed by atoms with Crippen LogP contribution in [0, 0.1) is 0 Å². The van der Waals surface area contributed by atoms with Crippen molar-refractivity contribution >= 4 is 29.1 Å². The molecule has 1 atom stereocenters. The maximum atomic E-state index is 13.1. The molecule has 1 amide bonds. The van der Waals surface area contributed by atoms with Gasteiger partial charge >= 0.3 is 0 Å². The fraction of sp³-hybridized carbons (Fsp3) is 0.333. The number of aliphatic hydroxyl groups excluding tert-OH is 1. The minimum atomic E-state index is -0.973. The molecular formula is C24H26ClNO8. The van der Waals surface area contributed by atoms with Crippen molar-refractivity contribution < 1.29 is 38.7 Å². The molecule has 0 saturated carbocycles. The molecule has 1 unspecified atom stereocenters. The normalized spacial score (nSPS) is 17.2. The molecule has 0 radical (unpaired) electrons. The van der Waals surface area contributed by atoms with Crippen molar-refractivity contribution in [2.75, 3.05) is 41.6 Å². The Balaban J connectivity index is 2.23. The fourth-order valence-electron chi connectivity index (χ4n) is 3.90. The van der Waals surface area contributed by atoms with E-state index in [-0.39, 0.29) is 40.0 Å². The van der Waals surface area contributed by atoms with Crippen molar-refractivity contribution in [1.29, 1.82) is 0 Å². The summed E-state index contributed by atoms with van der Waals surface area (Å²) >= 11 is 6.26. The Morgan fingerprint density at radius 3 is 2.26 bits per heavy atom. The van der Waals surface area contributed by atoms with Gasteiger partial charge in [-0.1, -0.05) is 17.7 Å². The van der Waals surface area contributed by atoms with Gasteiger partial charge in [-0.3, -0.25) is 9.59 Å².